The fourth-order valence-corrected chi connectivity index (χ4v) is 3.10. The molecule has 2 atom stereocenters. The summed E-state index contributed by atoms with van der Waals surface area (Å²) in [6, 6.07) is 17.7. The van der Waals surface area contributed by atoms with Crippen LogP contribution in [0.3, 0.4) is 0 Å². The first kappa shape index (κ1) is 16.3. The van der Waals surface area contributed by atoms with Crippen molar-refractivity contribution in [1.82, 2.24) is 20.5 Å². The molecule has 1 aliphatic rings. The topological polar surface area (TPSA) is 79.9 Å². The molecule has 0 aliphatic heterocycles. The number of aromatic nitrogens is 3. The van der Waals surface area contributed by atoms with Crippen molar-refractivity contribution in [2.24, 2.45) is 5.92 Å². The number of carbonyl (C=O) groups excluding carboxylic acids is 1. The molecule has 1 fully saturated rings. The van der Waals surface area contributed by atoms with Crippen molar-refractivity contribution >= 4 is 5.91 Å². The molecule has 2 N–H and O–H groups in total. The summed E-state index contributed by atoms with van der Waals surface area (Å²) in [6.07, 6.45) is 0.906. The Bertz CT molecular complexity index is 890. The summed E-state index contributed by atoms with van der Waals surface area (Å²) in [4.78, 5) is 16.8. The van der Waals surface area contributed by atoms with E-state index in [-0.39, 0.29) is 11.8 Å². The molecule has 1 aliphatic carbocycles. The molecule has 6 heteroatoms. The number of benzene rings is 2. The lowest BCUT2D eigenvalue weighted by Gasteiger charge is -2.03. The maximum absolute atomic E-state index is 12.3. The van der Waals surface area contributed by atoms with Gasteiger partial charge < -0.3 is 10.1 Å². The van der Waals surface area contributed by atoms with Crippen LogP contribution in [0.2, 0.25) is 0 Å². The third kappa shape index (κ3) is 3.44. The Hall–Kier alpha value is -3.15. The highest BCUT2D eigenvalue weighted by molar-refractivity contribution is 5.82. The molecule has 6 nitrogen and oxygen atoms in total. The van der Waals surface area contributed by atoms with E-state index in [1.807, 2.05) is 42.5 Å². The molecule has 1 saturated carbocycles. The van der Waals surface area contributed by atoms with Gasteiger partial charge in [0, 0.05) is 11.5 Å². The molecule has 132 valence electrons. The molecule has 1 aromatic heterocycles. The maximum Gasteiger partial charge on any atom is 0.224 e. The zero-order chi connectivity index (χ0) is 17.9. The largest absolute Gasteiger partial charge is 0.497 e. The minimum absolute atomic E-state index is 0.0568. The number of carbonyl (C=O) groups is 1. The number of hydrogen-bond donors (Lipinski definition) is 2. The van der Waals surface area contributed by atoms with Gasteiger partial charge in [0.1, 0.15) is 11.6 Å². The Morgan fingerprint density at radius 1 is 1.19 bits per heavy atom. The highest BCUT2D eigenvalue weighted by Gasteiger charge is 2.43. The second-order valence-corrected chi connectivity index (χ2v) is 6.41. The molecule has 2 unspecified atom stereocenters. The molecule has 3 aromatic rings. The second kappa shape index (κ2) is 7.00. The van der Waals surface area contributed by atoms with Crippen LogP contribution in [0.25, 0.3) is 11.4 Å². The molecule has 1 amide bonds. The van der Waals surface area contributed by atoms with Crippen LogP contribution >= 0.6 is 0 Å². The highest BCUT2D eigenvalue weighted by atomic mass is 16.5. The van der Waals surface area contributed by atoms with E-state index in [1.54, 1.807) is 7.11 Å². The van der Waals surface area contributed by atoms with Crippen LogP contribution in [0.1, 0.15) is 23.7 Å². The van der Waals surface area contributed by atoms with E-state index in [1.165, 1.54) is 5.56 Å². The molecule has 4 rings (SSSR count). The summed E-state index contributed by atoms with van der Waals surface area (Å²) in [7, 11) is 1.63. The van der Waals surface area contributed by atoms with Crippen LogP contribution in [0.4, 0.5) is 0 Å². The highest BCUT2D eigenvalue weighted by Crippen LogP contribution is 2.47. The number of amides is 1. The quantitative estimate of drug-likeness (QED) is 0.718. The molecule has 2 aromatic carbocycles. The Morgan fingerprint density at radius 3 is 2.69 bits per heavy atom. The SMILES string of the molecule is COc1ccc(-c2n[nH]c(CNC(=O)C3CC3c3ccccc3)n2)cc1. The van der Waals surface area contributed by atoms with Gasteiger partial charge in [0.2, 0.25) is 5.91 Å². The standard InChI is InChI=1S/C20H20N4O2/c1-26-15-9-7-14(8-10-15)19-22-18(23-24-19)12-21-20(25)17-11-16(17)13-5-3-2-4-6-13/h2-10,16-17H,11-12H2,1H3,(H,21,25)(H,22,23,24). The third-order valence-corrected chi connectivity index (χ3v) is 4.66. The van der Waals surface area contributed by atoms with E-state index in [0.29, 0.717) is 24.1 Å². The normalized spacial score (nSPS) is 18.3. The minimum atomic E-state index is 0.0568. The third-order valence-electron chi connectivity index (χ3n) is 4.66. The van der Waals surface area contributed by atoms with Crippen molar-refractivity contribution in [3.63, 3.8) is 0 Å². The van der Waals surface area contributed by atoms with Gasteiger partial charge in [-0.3, -0.25) is 9.89 Å². The number of hydrogen-bond acceptors (Lipinski definition) is 4. The second-order valence-electron chi connectivity index (χ2n) is 6.41. The predicted octanol–water partition coefficient (Wildman–Crippen LogP) is 2.90. The summed E-state index contributed by atoms with van der Waals surface area (Å²) in [5.74, 6) is 2.49. The Kier molecular flexibility index (Phi) is 4.39. The number of rotatable bonds is 6. The van der Waals surface area contributed by atoms with Gasteiger partial charge in [-0.15, -0.1) is 0 Å². The van der Waals surface area contributed by atoms with Crippen LogP contribution < -0.4 is 10.1 Å². The first-order valence-electron chi connectivity index (χ1n) is 8.63. The van der Waals surface area contributed by atoms with Gasteiger partial charge in [0.15, 0.2) is 5.82 Å². The Morgan fingerprint density at radius 2 is 1.96 bits per heavy atom. The van der Waals surface area contributed by atoms with Crippen molar-refractivity contribution in [2.75, 3.05) is 7.11 Å². The van der Waals surface area contributed by atoms with E-state index in [9.17, 15) is 4.79 Å². The molecule has 26 heavy (non-hydrogen) atoms. The van der Waals surface area contributed by atoms with Crippen molar-refractivity contribution in [3.05, 3.63) is 66.0 Å². The van der Waals surface area contributed by atoms with Crippen molar-refractivity contribution in [3.8, 4) is 17.1 Å². The number of H-pyrrole nitrogens is 1. The van der Waals surface area contributed by atoms with Gasteiger partial charge in [-0.2, -0.15) is 5.10 Å². The minimum Gasteiger partial charge on any atom is -0.497 e. The Balaban J connectivity index is 1.33. The summed E-state index contributed by atoms with van der Waals surface area (Å²) < 4.78 is 5.15. The average Bonchev–Trinajstić information content (AvgIpc) is 3.37. The van der Waals surface area contributed by atoms with Crippen molar-refractivity contribution in [2.45, 2.75) is 18.9 Å². The smallest absolute Gasteiger partial charge is 0.224 e. The molecule has 0 spiro atoms. The molecular weight excluding hydrogens is 328 g/mol. The summed E-state index contributed by atoms with van der Waals surface area (Å²) in [5, 5.41) is 10.0. The number of methoxy groups -OCH3 is 1. The lowest BCUT2D eigenvalue weighted by atomic mass is 10.1. The average molecular weight is 348 g/mol. The molecule has 0 radical (unpaired) electrons. The first-order chi connectivity index (χ1) is 12.7. The van der Waals surface area contributed by atoms with Gasteiger partial charge in [-0.05, 0) is 42.2 Å². The van der Waals surface area contributed by atoms with Crippen LogP contribution in [-0.2, 0) is 11.3 Å². The number of ether oxygens (including phenoxy) is 1. The fourth-order valence-electron chi connectivity index (χ4n) is 3.10. The molecule has 0 saturated heterocycles. The lowest BCUT2D eigenvalue weighted by molar-refractivity contribution is -0.122. The van der Waals surface area contributed by atoms with Gasteiger partial charge in [0.05, 0.1) is 13.7 Å². The van der Waals surface area contributed by atoms with E-state index >= 15 is 0 Å². The summed E-state index contributed by atoms with van der Waals surface area (Å²) in [6.45, 7) is 0.347. The summed E-state index contributed by atoms with van der Waals surface area (Å²) >= 11 is 0. The van der Waals surface area contributed by atoms with Crippen molar-refractivity contribution < 1.29 is 9.53 Å². The summed E-state index contributed by atoms with van der Waals surface area (Å²) in [5.41, 5.74) is 2.13. The predicted molar refractivity (Wildman–Crippen MR) is 97.5 cm³/mol. The lowest BCUT2D eigenvalue weighted by Crippen LogP contribution is -2.25. The molecule has 0 bridgehead atoms. The van der Waals surface area contributed by atoms with E-state index in [4.69, 9.17) is 4.74 Å². The van der Waals surface area contributed by atoms with Gasteiger partial charge >= 0.3 is 0 Å². The van der Waals surface area contributed by atoms with Gasteiger partial charge in [0.25, 0.3) is 0 Å². The fraction of sp³-hybridized carbons (Fsp3) is 0.250. The van der Waals surface area contributed by atoms with Crippen LogP contribution in [0, 0.1) is 5.92 Å². The zero-order valence-electron chi connectivity index (χ0n) is 14.5. The monoisotopic (exact) mass is 348 g/mol. The number of nitrogens with one attached hydrogen (secondary N) is 2. The van der Waals surface area contributed by atoms with Crippen LogP contribution in [-0.4, -0.2) is 28.2 Å². The van der Waals surface area contributed by atoms with E-state index < -0.39 is 0 Å². The van der Waals surface area contributed by atoms with E-state index in [0.717, 1.165) is 17.7 Å². The van der Waals surface area contributed by atoms with Gasteiger partial charge in [-0.25, -0.2) is 4.98 Å². The Labute approximate surface area is 151 Å². The van der Waals surface area contributed by atoms with Crippen LogP contribution in [0.5, 0.6) is 5.75 Å². The van der Waals surface area contributed by atoms with Gasteiger partial charge in [-0.1, -0.05) is 30.3 Å². The van der Waals surface area contributed by atoms with Crippen LogP contribution in [0.15, 0.2) is 54.6 Å². The zero-order valence-corrected chi connectivity index (χ0v) is 14.5. The number of nitrogens with zero attached hydrogens (tertiary/aromatic N) is 2. The molecular formula is C20H20N4O2. The first-order valence-corrected chi connectivity index (χ1v) is 8.63. The maximum atomic E-state index is 12.3. The molecule has 1 heterocycles. The number of aromatic amines is 1. The van der Waals surface area contributed by atoms with Crippen molar-refractivity contribution in [1.29, 1.82) is 0 Å². The van der Waals surface area contributed by atoms with E-state index in [2.05, 4.69) is 32.6 Å².